The van der Waals surface area contributed by atoms with E-state index >= 15 is 0 Å². The second-order valence-electron chi connectivity index (χ2n) is 9.09. The van der Waals surface area contributed by atoms with Gasteiger partial charge in [0.1, 0.15) is 13.2 Å². The molecule has 1 saturated heterocycles. The fraction of sp³-hybridized carbons (Fsp3) is 0.462. The van der Waals surface area contributed by atoms with Gasteiger partial charge in [-0.1, -0.05) is 0 Å². The van der Waals surface area contributed by atoms with Gasteiger partial charge in [-0.3, -0.25) is 9.80 Å². The summed E-state index contributed by atoms with van der Waals surface area (Å²) in [6.45, 7) is 7.50. The molecule has 0 aliphatic carbocycles. The molecule has 2 aromatic carbocycles. The Bertz CT molecular complexity index is 1170. The van der Waals surface area contributed by atoms with E-state index in [0.717, 1.165) is 80.3 Å². The second kappa shape index (κ2) is 10.4. The zero-order chi connectivity index (χ0) is 24.2. The number of aryl methyl sites for hydroxylation is 1. The number of benzene rings is 2. The van der Waals surface area contributed by atoms with Crippen molar-refractivity contribution in [2.45, 2.75) is 19.4 Å². The molecule has 35 heavy (non-hydrogen) atoms. The average molecular weight is 479 g/mol. The molecule has 5 rings (SSSR count). The van der Waals surface area contributed by atoms with Crippen molar-refractivity contribution in [1.82, 2.24) is 19.8 Å². The Morgan fingerprint density at radius 3 is 2.57 bits per heavy atom. The average Bonchev–Trinajstić information content (AvgIpc) is 3.32. The van der Waals surface area contributed by atoms with Gasteiger partial charge in [0.15, 0.2) is 11.5 Å². The van der Waals surface area contributed by atoms with E-state index in [9.17, 15) is 4.79 Å². The molecule has 0 spiro atoms. The fourth-order valence-corrected chi connectivity index (χ4v) is 4.80. The number of nitrogens with zero attached hydrogens (tertiary/aromatic N) is 5. The number of amides is 2. The summed E-state index contributed by atoms with van der Waals surface area (Å²) < 4.78 is 13.6. The van der Waals surface area contributed by atoms with Gasteiger partial charge < -0.3 is 24.3 Å². The van der Waals surface area contributed by atoms with Gasteiger partial charge in [0.2, 0.25) is 0 Å². The number of hydrogen-bond donors (Lipinski definition) is 1. The fourth-order valence-electron chi connectivity index (χ4n) is 4.80. The Hall–Kier alpha value is -3.46. The molecule has 1 N–H and O–H groups in total. The highest BCUT2D eigenvalue weighted by Gasteiger charge is 2.19. The maximum absolute atomic E-state index is 11.9. The number of nitrogens with one attached hydrogen (secondary N) is 1. The summed E-state index contributed by atoms with van der Waals surface area (Å²) in [6, 6.07) is 12.1. The number of rotatable bonds is 7. The maximum Gasteiger partial charge on any atom is 0.321 e. The van der Waals surface area contributed by atoms with Crippen LogP contribution in [0, 0.1) is 0 Å². The highest BCUT2D eigenvalue weighted by molar-refractivity contribution is 5.93. The number of anilines is 2. The van der Waals surface area contributed by atoms with Gasteiger partial charge in [0.05, 0.1) is 17.4 Å². The molecule has 3 heterocycles. The number of piperazine rings is 1. The molecule has 1 fully saturated rings. The lowest BCUT2D eigenvalue weighted by Gasteiger charge is -2.36. The standard InChI is InChI=1S/C26H34N6O3/c1-27-26(33)29(2)20-5-7-23-22(17-20)28-19-32(23)10-4-3-9-30-11-13-31(14-12-30)21-6-8-24-25(18-21)35-16-15-34-24/h5-8,17-19H,3-4,9-16H2,1-2H3,(H,27,33). The molecule has 186 valence electrons. The van der Waals surface area contributed by atoms with E-state index < -0.39 is 0 Å². The molecule has 0 atom stereocenters. The van der Waals surface area contributed by atoms with E-state index in [-0.39, 0.29) is 6.03 Å². The largest absolute Gasteiger partial charge is 0.486 e. The van der Waals surface area contributed by atoms with Crippen LogP contribution in [0.1, 0.15) is 12.8 Å². The Kier molecular flexibility index (Phi) is 6.94. The number of carbonyl (C=O) groups excluding carboxylic acids is 1. The molecule has 3 aromatic rings. The number of unbranched alkanes of at least 4 members (excludes halogenated alkanes) is 1. The summed E-state index contributed by atoms with van der Waals surface area (Å²) in [7, 11) is 3.39. The normalized spacial score (nSPS) is 15.9. The Labute approximate surface area is 206 Å². The molecule has 1 aromatic heterocycles. The zero-order valence-electron chi connectivity index (χ0n) is 20.6. The highest BCUT2D eigenvalue weighted by atomic mass is 16.6. The van der Waals surface area contributed by atoms with Gasteiger partial charge in [-0.25, -0.2) is 9.78 Å². The van der Waals surface area contributed by atoms with E-state index in [4.69, 9.17) is 9.47 Å². The Balaban J connectivity index is 1.07. The van der Waals surface area contributed by atoms with Crippen molar-refractivity contribution in [3.63, 3.8) is 0 Å². The summed E-state index contributed by atoms with van der Waals surface area (Å²) in [5.41, 5.74) is 4.06. The molecule has 9 nitrogen and oxygen atoms in total. The first-order chi connectivity index (χ1) is 17.1. The van der Waals surface area contributed by atoms with Crippen LogP contribution in [-0.2, 0) is 6.54 Å². The molecule has 0 radical (unpaired) electrons. The Morgan fingerprint density at radius 2 is 1.77 bits per heavy atom. The van der Waals surface area contributed by atoms with Crippen molar-refractivity contribution in [2.24, 2.45) is 0 Å². The van der Waals surface area contributed by atoms with Crippen LogP contribution < -0.4 is 24.6 Å². The number of fused-ring (bicyclic) bond motifs is 2. The molecule has 0 bridgehead atoms. The van der Waals surface area contributed by atoms with Gasteiger partial charge >= 0.3 is 6.03 Å². The van der Waals surface area contributed by atoms with Crippen molar-refractivity contribution >= 4 is 28.4 Å². The molecule has 2 amide bonds. The number of imidazole rings is 1. The van der Waals surface area contributed by atoms with Crippen LogP contribution in [0.15, 0.2) is 42.7 Å². The van der Waals surface area contributed by atoms with Gasteiger partial charge in [-0.15, -0.1) is 0 Å². The Morgan fingerprint density at radius 1 is 1.00 bits per heavy atom. The first-order valence-electron chi connectivity index (χ1n) is 12.4. The lowest BCUT2D eigenvalue weighted by Crippen LogP contribution is -2.46. The lowest BCUT2D eigenvalue weighted by atomic mass is 10.2. The van der Waals surface area contributed by atoms with Crippen LogP contribution in [0.3, 0.4) is 0 Å². The van der Waals surface area contributed by atoms with Crippen LogP contribution in [0.4, 0.5) is 16.2 Å². The van der Waals surface area contributed by atoms with Crippen LogP contribution in [0.25, 0.3) is 11.0 Å². The highest BCUT2D eigenvalue weighted by Crippen LogP contribution is 2.34. The summed E-state index contributed by atoms with van der Waals surface area (Å²) in [5.74, 6) is 1.71. The number of ether oxygens (including phenoxy) is 2. The van der Waals surface area contributed by atoms with Gasteiger partial charge in [0.25, 0.3) is 0 Å². The molecule has 0 unspecified atom stereocenters. The number of urea groups is 1. The van der Waals surface area contributed by atoms with E-state index in [1.54, 1.807) is 19.0 Å². The zero-order valence-corrected chi connectivity index (χ0v) is 20.6. The van der Waals surface area contributed by atoms with E-state index in [1.807, 2.05) is 30.6 Å². The predicted molar refractivity (Wildman–Crippen MR) is 138 cm³/mol. The monoisotopic (exact) mass is 478 g/mol. The summed E-state index contributed by atoms with van der Waals surface area (Å²) in [6.07, 6.45) is 4.16. The summed E-state index contributed by atoms with van der Waals surface area (Å²) >= 11 is 0. The predicted octanol–water partition coefficient (Wildman–Crippen LogP) is 3.19. The van der Waals surface area contributed by atoms with Crippen LogP contribution >= 0.6 is 0 Å². The topological polar surface area (TPSA) is 75.1 Å². The number of hydrogen-bond acceptors (Lipinski definition) is 6. The molecule has 2 aliphatic heterocycles. The van der Waals surface area contributed by atoms with Crippen molar-refractivity contribution in [1.29, 1.82) is 0 Å². The minimum Gasteiger partial charge on any atom is -0.486 e. The third-order valence-electron chi connectivity index (χ3n) is 6.90. The maximum atomic E-state index is 11.9. The molecule has 2 aliphatic rings. The lowest BCUT2D eigenvalue weighted by molar-refractivity contribution is 0.171. The molecular weight excluding hydrogens is 444 g/mol. The molecule has 0 saturated carbocycles. The first kappa shape index (κ1) is 23.3. The third kappa shape index (κ3) is 5.14. The first-order valence-corrected chi connectivity index (χ1v) is 12.4. The summed E-state index contributed by atoms with van der Waals surface area (Å²) in [5, 5.41) is 2.64. The minimum absolute atomic E-state index is 0.143. The minimum atomic E-state index is -0.143. The van der Waals surface area contributed by atoms with E-state index in [0.29, 0.717) is 13.2 Å². The van der Waals surface area contributed by atoms with Crippen LogP contribution in [-0.4, -0.2) is 80.5 Å². The van der Waals surface area contributed by atoms with Gasteiger partial charge in [-0.2, -0.15) is 0 Å². The quantitative estimate of drug-likeness (QED) is 0.526. The van der Waals surface area contributed by atoms with E-state index in [1.165, 1.54) is 5.69 Å². The third-order valence-corrected chi connectivity index (χ3v) is 6.90. The van der Waals surface area contributed by atoms with Crippen LogP contribution in [0.2, 0.25) is 0 Å². The van der Waals surface area contributed by atoms with Crippen molar-refractivity contribution in [2.75, 3.05) is 69.8 Å². The van der Waals surface area contributed by atoms with Crippen LogP contribution in [0.5, 0.6) is 11.5 Å². The summed E-state index contributed by atoms with van der Waals surface area (Å²) in [4.78, 5) is 23.0. The van der Waals surface area contributed by atoms with Crippen molar-refractivity contribution in [3.05, 3.63) is 42.7 Å². The van der Waals surface area contributed by atoms with Gasteiger partial charge in [0, 0.05) is 64.3 Å². The van der Waals surface area contributed by atoms with Gasteiger partial charge in [-0.05, 0) is 49.7 Å². The smallest absolute Gasteiger partial charge is 0.321 e. The molecule has 9 heteroatoms. The SMILES string of the molecule is CNC(=O)N(C)c1ccc2c(c1)ncn2CCCCN1CCN(c2ccc3c(c2)OCCO3)CC1. The van der Waals surface area contributed by atoms with E-state index in [2.05, 4.69) is 36.8 Å². The van der Waals surface area contributed by atoms with Crippen molar-refractivity contribution < 1.29 is 14.3 Å². The molecular formula is C26H34N6O3. The number of aromatic nitrogens is 2. The second-order valence-corrected chi connectivity index (χ2v) is 9.09. The number of carbonyl (C=O) groups is 1. The van der Waals surface area contributed by atoms with Crippen molar-refractivity contribution in [3.8, 4) is 11.5 Å².